The number of carbonyl (C=O) groups excluding carboxylic acids is 1. The van der Waals surface area contributed by atoms with Crippen molar-refractivity contribution in [1.29, 1.82) is 0 Å². The van der Waals surface area contributed by atoms with Crippen LogP contribution < -0.4 is 0 Å². The second-order valence-corrected chi connectivity index (χ2v) is 7.29. The monoisotopic (exact) mass is 325 g/mol. The zero-order valence-corrected chi connectivity index (χ0v) is 13.1. The van der Waals surface area contributed by atoms with Crippen LogP contribution in [0, 0.1) is 17.8 Å². The fourth-order valence-corrected chi connectivity index (χ4v) is 4.00. The third-order valence-electron chi connectivity index (χ3n) is 5.62. The van der Waals surface area contributed by atoms with Crippen LogP contribution in [-0.4, -0.2) is 49.9 Å². The summed E-state index contributed by atoms with van der Waals surface area (Å²) in [5.74, 6) is -3.21. The molecule has 1 N–H and O–H groups in total. The molecule has 126 valence electrons. The molecule has 1 aromatic heterocycles. The Morgan fingerprint density at radius 2 is 2.13 bits per heavy atom. The van der Waals surface area contributed by atoms with Gasteiger partial charge >= 0.3 is 0 Å². The average Bonchev–Trinajstić information content (AvgIpc) is 3.39. The van der Waals surface area contributed by atoms with Crippen molar-refractivity contribution in [3.8, 4) is 0 Å². The maximum absolute atomic E-state index is 13.6. The number of fused-ring (bicyclic) bond motifs is 1. The molecule has 1 unspecified atom stereocenters. The average molecular weight is 325 g/mol. The van der Waals surface area contributed by atoms with Crippen molar-refractivity contribution < 1.29 is 13.6 Å². The molecule has 0 aromatic carbocycles. The Morgan fingerprint density at radius 1 is 1.35 bits per heavy atom. The minimum atomic E-state index is -2.53. The van der Waals surface area contributed by atoms with E-state index in [1.165, 1.54) is 0 Å². The Bertz CT molecular complexity index is 589. The van der Waals surface area contributed by atoms with Crippen LogP contribution in [0.3, 0.4) is 0 Å². The van der Waals surface area contributed by atoms with Gasteiger partial charge in [-0.25, -0.2) is 8.78 Å². The van der Waals surface area contributed by atoms with Crippen LogP contribution in [0.2, 0.25) is 0 Å². The predicted molar refractivity (Wildman–Crippen MR) is 76.6 cm³/mol. The summed E-state index contributed by atoms with van der Waals surface area (Å²) in [6.07, 6.45) is 3.41. The molecule has 3 aliphatic carbocycles. The molecule has 3 saturated carbocycles. The van der Waals surface area contributed by atoms with Crippen LogP contribution in [0.25, 0.3) is 0 Å². The van der Waals surface area contributed by atoms with Crippen LogP contribution in [0.15, 0.2) is 0 Å². The summed E-state index contributed by atoms with van der Waals surface area (Å²) in [6, 6.07) is 0.259. The van der Waals surface area contributed by atoms with Gasteiger partial charge in [0.2, 0.25) is 5.91 Å². The number of hydrogen-bond acceptors (Lipinski definition) is 4. The van der Waals surface area contributed by atoms with Gasteiger partial charge in [-0.15, -0.1) is 10.2 Å². The summed E-state index contributed by atoms with van der Waals surface area (Å²) >= 11 is 0. The number of aromatic nitrogens is 4. The standard InChI is InChI=1S/C15H21F2N5O/c1-8(13-18-20-21-19-13)7-22(10-3-4-10)14(23)9-2-5-11-12(6-9)15(11,16)17/h8-12H,2-7H2,1H3,(H,18,19,20,21)/t8?,9-,11+,12-/m1/s1. The van der Waals surface area contributed by atoms with E-state index in [1.54, 1.807) is 0 Å². The molecule has 1 amide bonds. The van der Waals surface area contributed by atoms with Crippen molar-refractivity contribution in [2.45, 2.75) is 56.9 Å². The highest BCUT2D eigenvalue weighted by Gasteiger charge is 2.69. The Morgan fingerprint density at radius 3 is 2.74 bits per heavy atom. The van der Waals surface area contributed by atoms with Crippen molar-refractivity contribution in [3.05, 3.63) is 5.82 Å². The van der Waals surface area contributed by atoms with Gasteiger partial charge < -0.3 is 4.90 Å². The first-order valence-corrected chi connectivity index (χ1v) is 8.40. The molecule has 23 heavy (non-hydrogen) atoms. The molecule has 1 heterocycles. The second-order valence-electron chi connectivity index (χ2n) is 7.29. The number of tetrazole rings is 1. The Balaban J connectivity index is 1.42. The van der Waals surface area contributed by atoms with Gasteiger partial charge in [0.1, 0.15) is 0 Å². The zero-order valence-electron chi connectivity index (χ0n) is 13.1. The molecule has 4 atom stereocenters. The molecule has 8 heteroatoms. The van der Waals surface area contributed by atoms with Gasteiger partial charge in [0.15, 0.2) is 5.82 Å². The summed E-state index contributed by atoms with van der Waals surface area (Å²) in [4.78, 5) is 14.8. The number of rotatable bonds is 5. The lowest BCUT2D eigenvalue weighted by molar-refractivity contribution is -0.137. The number of nitrogens with zero attached hydrogens (tertiary/aromatic N) is 4. The fourth-order valence-electron chi connectivity index (χ4n) is 4.00. The molecular formula is C15H21F2N5O. The van der Waals surface area contributed by atoms with E-state index < -0.39 is 17.8 Å². The molecule has 1 aromatic rings. The molecule has 6 nitrogen and oxygen atoms in total. The van der Waals surface area contributed by atoms with Crippen LogP contribution in [-0.2, 0) is 4.79 Å². The molecule has 0 saturated heterocycles. The van der Waals surface area contributed by atoms with E-state index in [2.05, 4.69) is 20.6 Å². The molecular weight excluding hydrogens is 304 g/mol. The summed E-state index contributed by atoms with van der Waals surface area (Å²) in [5, 5.41) is 13.9. The summed E-state index contributed by atoms with van der Waals surface area (Å²) in [6.45, 7) is 2.49. The van der Waals surface area contributed by atoms with E-state index in [9.17, 15) is 13.6 Å². The number of H-pyrrole nitrogens is 1. The van der Waals surface area contributed by atoms with Gasteiger partial charge in [-0.1, -0.05) is 12.1 Å². The highest BCUT2D eigenvalue weighted by molar-refractivity contribution is 5.80. The lowest BCUT2D eigenvalue weighted by Crippen LogP contribution is -2.41. The third kappa shape index (κ3) is 2.61. The SMILES string of the molecule is CC(CN(C(=O)[C@@H]1CC[C@H]2[C@@H](C1)C2(F)F)C1CC1)c1nn[nH]n1. The summed E-state index contributed by atoms with van der Waals surface area (Å²) in [5.41, 5.74) is 0. The quantitative estimate of drug-likeness (QED) is 0.898. The Kier molecular flexibility index (Phi) is 3.39. The van der Waals surface area contributed by atoms with Crippen molar-refractivity contribution in [2.75, 3.05) is 6.54 Å². The van der Waals surface area contributed by atoms with Crippen molar-refractivity contribution in [1.82, 2.24) is 25.5 Å². The Labute approximate surface area is 133 Å². The first-order chi connectivity index (χ1) is 11.0. The number of nitrogens with one attached hydrogen (secondary N) is 1. The molecule has 4 rings (SSSR count). The minimum Gasteiger partial charge on any atom is -0.339 e. The maximum Gasteiger partial charge on any atom is 0.254 e. The molecule has 3 aliphatic rings. The number of carbonyl (C=O) groups is 1. The van der Waals surface area contributed by atoms with Gasteiger partial charge in [0.25, 0.3) is 5.92 Å². The van der Waals surface area contributed by atoms with Gasteiger partial charge in [-0.05, 0) is 32.1 Å². The number of aromatic amines is 1. The maximum atomic E-state index is 13.6. The number of amides is 1. The first kappa shape index (κ1) is 15.0. The summed E-state index contributed by atoms with van der Waals surface area (Å²) in [7, 11) is 0. The van der Waals surface area contributed by atoms with Crippen LogP contribution in [0.5, 0.6) is 0 Å². The predicted octanol–water partition coefficient (Wildman–Crippen LogP) is 1.98. The minimum absolute atomic E-state index is 0.0167. The topological polar surface area (TPSA) is 74.8 Å². The first-order valence-electron chi connectivity index (χ1n) is 8.40. The number of alkyl halides is 2. The van der Waals surface area contributed by atoms with Gasteiger partial charge in [0, 0.05) is 36.3 Å². The lowest BCUT2D eigenvalue weighted by Gasteiger charge is -2.30. The lowest BCUT2D eigenvalue weighted by atomic mass is 9.88. The summed E-state index contributed by atoms with van der Waals surface area (Å²) < 4.78 is 27.1. The molecule has 0 spiro atoms. The highest BCUT2D eigenvalue weighted by atomic mass is 19.3. The van der Waals surface area contributed by atoms with Crippen molar-refractivity contribution in [3.63, 3.8) is 0 Å². The molecule has 0 aliphatic heterocycles. The van der Waals surface area contributed by atoms with E-state index in [-0.39, 0.29) is 23.8 Å². The molecule has 0 bridgehead atoms. The van der Waals surface area contributed by atoms with Crippen molar-refractivity contribution >= 4 is 5.91 Å². The second kappa shape index (κ2) is 5.21. The molecule has 0 radical (unpaired) electrons. The number of hydrogen-bond donors (Lipinski definition) is 1. The normalized spacial score (nSPS) is 32.9. The Hall–Kier alpha value is -1.60. The van der Waals surface area contributed by atoms with Crippen LogP contribution in [0.4, 0.5) is 8.78 Å². The van der Waals surface area contributed by atoms with Crippen LogP contribution in [0.1, 0.15) is 50.8 Å². The largest absolute Gasteiger partial charge is 0.339 e. The van der Waals surface area contributed by atoms with E-state index in [0.717, 1.165) is 12.8 Å². The van der Waals surface area contributed by atoms with Gasteiger partial charge in [-0.2, -0.15) is 5.21 Å². The van der Waals surface area contributed by atoms with E-state index >= 15 is 0 Å². The number of halogens is 2. The smallest absolute Gasteiger partial charge is 0.254 e. The van der Waals surface area contributed by atoms with Crippen LogP contribution >= 0.6 is 0 Å². The third-order valence-corrected chi connectivity index (χ3v) is 5.62. The molecule has 3 fully saturated rings. The highest BCUT2D eigenvalue weighted by Crippen LogP contribution is 2.63. The van der Waals surface area contributed by atoms with Gasteiger partial charge in [0.05, 0.1) is 0 Å². The van der Waals surface area contributed by atoms with Crippen molar-refractivity contribution in [2.24, 2.45) is 17.8 Å². The van der Waals surface area contributed by atoms with E-state index in [0.29, 0.717) is 31.6 Å². The van der Waals surface area contributed by atoms with E-state index in [1.807, 2.05) is 11.8 Å². The van der Waals surface area contributed by atoms with E-state index in [4.69, 9.17) is 0 Å². The fraction of sp³-hybridized carbons (Fsp3) is 0.867. The van der Waals surface area contributed by atoms with Gasteiger partial charge in [-0.3, -0.25) is 4.79 Å². The zero-order chi connectivity index (χ0) is 16.2.